The van der Waals surface area contributed by atoms with E-state index < -0.39 is 0 Å². The molecule has 0 amide bonds. The van der Waals surface area contributed by atoms with Crippen molar-refractivity contribution in [3.05, 3.63) is 29.3 Å². The molecule has 1 aromatic carbocycles. The third kappa shape index (κ3) is 2.79. The van der Waals surface area contributed by atoms with Crippen LogP contribution in [0.25, 0.3) is 10.2 Å². The van der Waals surface area contributed by atoms with Gasteiger partial charge in [0, 0.05) is 6.42 Å². The van der Waals surface area contributed by atoms with Crippen molar-refractivity contribution in [2.24, 2.45) is 5.84 Å². The Kier molecular flexibility index (Phi) is 3.79. The number of hydrogen-bond donors (Lipinski definition) is 2. The predicted molar refractivity (Wildman–Crippen MR) is 78.0 cm³/mol. The van der Waals surface area contributed by atoms with Gasteiger partial charge in [-0.2, -0.15) is 0 Å². The molecule has 5 heteroatoms. The van der Waals surface area contributed by atoms with Crippen LogP contribution in [-0.2, 0) is 11.2 Å². The molecular weight excluding hydrogens is 258 g/mol. The van der Waals surface area contributed by atoms with E-state index in [1.807, 2.05) is 18.2 Å². The van der Waals surface area contributed by atoms with Crippen molar-refractivity contribution >= 4 is 21.6 Å². The van der Waals surface area contributed by atoms with E-state index in [0.29, 0.717) is 6.10 Å². The lowest BCUT2D eigenvalue weighted by molar-refractivity contribution is 0.0320. The highest BCUT2D eigenvalue weighted by molar-refractivity contribution is 7.18. The topological polar surface area (TPSA) is 60.2 Å². The molecule has 0 aliphatic carbocycles. The summed E-state index contributed by atoms with van der Waals surface area (Å²) in [6.45, 7) is 2.12. The second-order valence-corrected chi connectivity index (χ2v) is 6.23. The number of ether oxygens (including phenoxy) is 1. The van der Waals surface area contributed by atoms with Crippen LogP contribution in [-0.4, -0.2) is 23.2 Å². The molecule has 19 heavy (non-hydrogen) atoms. The third-order valence-corrected chi connectivity index (χ3v) is 4.72. The Morgan fingerprint density at radius 1 is 1.47 bits per heavy atom. The van der Waals surface area contributed by atoms with E-state index >= 15 is 0 Å². The van der Waals surface area contributed by atoms with Gasteiger partial charge in [0.05, 0.1) is 33.5 Å². The highest BCUT2D eigenvalue weighted by Gasteiger charge is 2.29. The molecule has 0 saturated carbocycles. The zero-order chi connectivity index (χ0) is 13.2. The molecule has 4 nitrogen and oxygen atoms in total. The molecule has 1 aliphatic rings. The van der Waals surface area contributed by atoms with Crippen molar-refractivity contribution in [1.29, 1.82) is 0 Å². The van der Waals surface area contributed by atoms with E-state index in [0.717, 1.165) is 29.8 Å². The van der Waals surface area contributed by atoms with E-state index in [1.165, 1.54) is 4.70 Å². The number of nitrogens with one attached hydrogen (secondary N) is 1. The lowest BCUT2D eigenvalue weighted by Gasteiger charge is -2.21. The number of hydrazine groups is 1. The van der Waals surface area contributed by atoms with Gasteiger partial charge in [-0.15, -0.1) is 11.3 Å². The summed E-state index contributed by atoms with van der Waals surface area (Å²) in [5, 5.41) is 1.12. The molecule has 0 radical (unpaired) electrons. The van der Waals surface area contributed by atoms with Crippen molar-refractivity contribution in [1.82, 2.24) is 10.4 Å². The Labute approximate surface area is 116 Å². The number of aromatic nitrogens is 1. The zero-order valence-electron chi connectivity index (χ0n) is 11.0. The number of rotatable bonds is 4. The fourth-order valence-electron chi connectivity index (χ4n) is 2.62. The van der Waals surface area contributed by atoms with Crippen LogP contribution in [0, 0.1) is 0 Å². The fraction of sp³-hybridized carbons (Fsp3) is 0.500. The monoisotopic (exact) mass is 277 g/mol. The maximum atomic E-state index is 5.89. The van der Waals surface area contributed by atoms with E-state index in [2.05, 4.69) is 23.4 Å². The summed E-state index contributed by atoms with van der Waals surface area (Å²) >= 11 is 1.74. The van der Waals surface area contributed by atoms with Crippen molar-refractivity contribution < 1.29 is 4.74 Å². The Morgan fingerprint density at radius 3 is 3.00 bits per heavy atom. The second kappa shape index (κ2) is 5.54. The zero-order valence-corrected chi connectivity index (χ0v) is 11.8. The minimum Gasteiger partial charge on any atom is -0.374 e. The number of hydrogen-bond acceptors (Lipinski definition) is 5. The van der Waals surface area contributed by atoms with Gasteiger partial charge in [-0.1, -0.05) is 12.1 Å². The van der Waals surface area contributed by atoms with Crippen molar-refractivity contribution in [3.63, 3.8) is 0 Å². The van der Waals surface area contributed by atoms with Crippen molar-refractivity contribution in [3.8, 4) is 0 Å². The maximum Gasteiger partial charge on any atom is 0.0955 e. The van der Waals surface area contributed by atoms with Crippen LogP contribution in [0.2, 0.25) is 0 Å². The summed E-state index contributed by atoms with van der Waals surface area (Å²) in [7, 11) is 0. The molecule has 2 heterocycles. The van der Waals surface area contributed by atoms with Crippen LogP contribution in [0.4, 0.5) is 0 Å². The number of nitrogens with zero attached hydrogens (tertiary/aromatic N) is 1. The molecule has 3 atom stereocenters. The Balaban J connectivity index is 1.75. The van der Waals surface area contributed by atoms with E-state index in [9.17, 15) is 0 Å². The number of para-hydroxylation sites is 1. The summed E-state index contributed by atoms with van der Waals surface area (Å²) in [5.41, 5.74) is 3.97. The number of thiazole rings is 1. The van der Waals surface area contributed by atoms with Crippen LogP contribution in [0.5, 0.6) is 0 Å². The standard InChI is InChI=1S/C14H19N3OS/c1-9-6-7-12(18-9)11(17-15)8-14-16-10-4-2-3-5-13(10)19-14/h2-5,9,11-12,17H,6-8,15H2,1H3. The molecule has 3 rings (SSSR count). The average Bonchev–Trinajstić information content (AvgIpc) is 3.01. The van der Waals surface area contributed by atoms with Gasteiger partial charge in [0.25, 0.3) is 0 Å². The second-order valence-electron chi connectivity index (χ2n) is 5.12. The Morgan fingerprint density at radius 2 is 2.32 bits per heavy atom. The first-order valence-electron chi connectivity index (χ1n) is 6.72. The summed E-state index contributed by atoms with van der Waals surface area (Å²) < 4.78 is 7.13. The van der Waals surface area contributed by atoms with Gasteiger partial charge in [0.2, 0.25) is 0 Å². The molecule has 3 unspecified atom stereocenters. The molecule has 1 fully saturated rings. The molecule has 3 N–H and O–H groups in total. The Bertz CT molecular complexity index is 523. The molecule has 0 spiro atoms. The molecule has 1 aromatic heterocycles. The maximum absolute atomic E-state index is 5.89. The highest BCUT2D eigenvalue weighted by Crippen LogP contribution is 2.26. The van der Waals surface area contributed by atoms with Gasteiger partial charge in [-0.3, -0.25) is 11.3 Å². The van der Waals surface area contributed by atoms with Crippen LogP contribution >= 0.6 is 11.3 Å². The molecule has 2 aromatic rings. The number of fused-ring (bicyclic) bond motifs is 1. The van der Waals surface area contributed by atoms with Gasteiger partial charge in [-0.05, 0) is 31.9 Å². The molecule has 1 aliphatic heterocycles. The fourth-order valence-corrected chi connectivity index (χ4v) is 3.65. The van der Waals surface area contributed by atoms with Gasteiger partial charge < -0.3 is 4.74 Å². The minimum atomic E-state index is 0.144. The van der Waals surface area contributed by atoms with Gasteiger partial charge in [0.15, 0.2) is 0 Å². The largest absolute Gasteiger partial charge is 0.374 e. The number of benzene rings is 1. The summed E-state index contributed by atoms with van der Waals surface area (Å²) in [4.78, 5) is 4.66. The quantitative estimate of drug-likeness (QED) is 0.664. The van der Waals surface area contributed by atoms with Crippen LogP contribution in [0.3, 0.4) is 0 Å². The summed E-state index contributed by atoms with van der Waals surface area (Å²) in [6.07, 6.45) is 3.56. The number of nitrogens with two attached hydrogens (primary N) is 1. The first kappa shape index (κ1) is 13.0. The van der Waals surface area contributed by atoms with E-state index in [1.54, 1.807) is 11.3 Å². The van der Waals surface area contributed by atoms with Crippen LogP contribution < -0.4 is 11.3 Å². The van der Waals surface area contributed by atoms with Crippen LogP contribution in [0.1, 0.15) is 24.8 Å². The van der Waals surface area contributed by atoms with Gasteiger partial charge in [-0.25, -0.2) is 4.98 Å². The first-order valence-corrected chi connectivity index (χ1v) is 7.54. The van der Waals surface area contributed by atoms with Crippen molar-refractivity contribution in [2.75, 3.05) is 0 Å². The summed E-state index contributed by atoms with van der Waals surface area (Å²) in [5.74, 6) is 5.69. The average molecular weight is 277 g/mol. The minimum absolute atomic E-state index is 0.144. The molecule has 0 bridgehead atoms. The molecule has 1 saturated heterocycles. The van der Waals surface area contributed by atoms with Gasteiger partial charge in [0.1, 0.15) is 0 Å². The Hall–Kier alpha value is -1.01. The van der Waals surface area contributed by atoms with Crippen LogP contribution in [0.15, 0.2) is 24.3 Å². The van der Waals surface area contributed by atoms with E-state index in [-0.39, 0.29) is 12.1 Å². The first-order chi connectivity index (χ1) is 9.26. The van der Waals surface area contributed by atoms with E-state index in [4.69, 9.17) is 10.6 Å². The SMILES string of the molecule is CC1CCC(C(Cc2nc3ccccc3s2)NN)O1. The third-order valence-electron chi connectivity index (χ3n) is 3.66. The molecular formula is C14H19N3OS. The normalized spacial score (nSPS) is 24.9. The summed E-state index contributed by atoms with van der Waals surface area (Å²) in [6, 6.07) is 8.37. The lowest BCUT2D eigenvalue weighted by atomic mass is 10.1. The van der Waals surface area contributed by atoms with Crippen molar-refractivity contribution in [2.45, 2.75) is 44.4 Å². The highest BCUT2D eigenvalue weighted by atomic mass is 32.1. The van der Waals surface area contributed by atoms with Gasteiger partial charge >= 0.3 is 0 Å². The predicted octanol–water partition coefficient (Wildman–Crippen LogP) is 2.24. The molecule has 102 valence electrons. The lowest BCUT2D eigenvalue weighted by Crippen LogP contribution is -2.45. The smallest absolute Gasteiger partial charge is 0.0955 e.